The van der Waals surface area contributed by atoms with Gasteiger partial charge in [-0.15, -0.1) is 11.3 Å². The quantitative estimate of drug-likeness (QED) is 0.548. The van der Waals surface area contributed by atoms with Crippen molar-refractivity contribution in [3.05, 3.63) is 30.3 Å². The fraction of sp³-hybridized carbons (Fsp3) is 0. The second kappa shape index (κ2) is 1.99. The highest BCUT2D eigenvalue weighted by molar-refractivity contribution is 7.22. The maximum absolute atomic E-state index is 7.34. The first kappa shape index (κ1) is 5.74. The number of hydrogen-bond donors (Lipinski definition) is 0. The van der Waals surface area contributed by atoms with Gasteiger partial charge in [0, 0.05) is 4.70 Å². The van der Waals surface area contributed by atoms with E-state index in [-0.39, 0.29) is 0 Å². The lowest BCUT2D eigenvalue weighted by Gasteiger charge is -1.81. The average molecular weight is 148 g/mol. The number of benzene rings is 1. The van der Waals surface area contributed by atoms with Crippen molar-refractivity contribution >= 4 is 26.4 Å². The fourth-order valence-corrected chi connectivity index (χ4v) is 1.80. The first-order valence-electron chi connectivity index (χ1n) is 3.06. The zero-order valence-corrected chi connectivity index (χ0v) is 6.11. The SMILES string of the molecule is [NH]c1cc2ccccc2s1. The van der Waals surface area contributed by atoms with E-state index < -0.39 is 0 Å². The summed E-state index contributed by atoms with van der Waals surface area (Å²) in [6.45, 7) is 0. The van der Waals surface area contributed by atoms with Crippen LogP contribution < -0.4 is 5.73 Å². The van der Waals surface area contributed by atoms with Crippen molar-refractivity contribution in [2.45, 2.75) is 0 Å². The summed E-state index contributed by atoms with van der Waals surface area (Å²) in [6, 6.07) is 9.95. The van der Waals surface area contributed by atoms with Gasteiger partial charge in [-0.3, -0.25) is 5.73 Å². The summed E-state index contributed by atoms with van der Waals surface area (Å²) in [5.74, 6) is 0. The minimum Gasteiger partial charge on any atom is -0.290 e. The summed E-state index contributed by atoms with van der Waals surface area (Å²) in [7, 11) is 0. The minimum atomic E-state index is 0.640. The van der Waals surface area contributed by atoms with Gasteiger partial charge in [0.1, 0.15) is 5.00 Å². The van der Waals surface area contributed by atoms with Crippen molar-refractivity contribution < 1.29 is 0 Å². The van der Waals surface area contributed by atoms with Crippen molar-refractivity contribution in [1.82, 2.24) is 5.73 Å². The van der Waals surface area contributed by atoms with Crippen LogP contribution in [0.15, 0.2) is 30.3 Å². The normalized spacial score (nSPS) is 10.4. The highest BCUT2D eigenvalue weighted by Gasteiger charge is 1.95. The number of hydrogen-bond acceptors (Lipinski definition) is 1. The van der Waals surface area contributed by atoms with Gasteiger partial charge in [0.15, 0.2) is 0 Å². The summed E-state index contributed by atoms with van der Waals surface area (Å²) in [5.41, 5.74) is 7.34. The predicted molar refractivity (Wildman–Crippen MR) is 44.6 cm³/mol. The molecule has 1 aromatic heterocycles. The molecule has 0 saturated heterocycles. The highest BCUT2D eigenvalue weighted by Crippen LogP contribution is 2.27. The Labute approximate surface area is 63.1 Å². The van der Waals surface area contributed by atoms with Gasteiger partial charge in [0.05, 0.1) is 0 Å². The Bertz CT molecular complexity index is 318. The number of rotatable bonds is 0. The molecule has 0 atom stereocenters. The van der Waals surface area contributed by atoms with Gasteiger partial charge in [0.2, 0.25) is 0 Å². The van der Waals surface area contributed by atoms with Gasteiger partial charge in [-0.2, -0.15) is 0 Å². The van der Waals surface area contributed by atoms with Gasteiger partial charge in [0.25, 0.3) is 0 Å². The van der Waals surface area contributed by atoms with E-state index in [0.29, 0.717) is 5.00 Å². The molecule has 1 heterocycles. The molecule has 0 aliphatic heterocycles. The third-order valence-electron chi connectivity index (χ3n) is 1.43. The largest absolute Gasteiger partial charge is 0.290 e. The monoisotopic (exact) mass is 148 g/mol. The molecule has 1 aromatic carbocycles. The van der Waals surface area contributed by atoms with Crippen LogP contribution in [0.2, 0.25) is 0 Å². The Balaban J connectivity index is 2.88. The number of fused-ring (bicyclic) bond motifs is 1. The van der Waals surface area contributed by atoms with Crippen molar-refractivity contribution in [2.75, 3.05) is 0 Å². The molecule has 1 radical (unpaired) electrons. The summed E-state index contributed by atoms with van der Waals surface area (Å²) in [6.07, 6.45) is 0. The lowest BCUT2D eigenvalue weighted by atomic mass is 10.3. The molecule has 2 heteroatoms. The molecule has 10 heavy (non-hydrogen) atoms. The zero-order chi connectivity index (χ0) is 6.97. The Morgan fingerprint density at radius 3 is 2.80 bits per heavy atom. The molecule has 0 amide bonds. The van der Waals surface area contributed by atoms with Crippen molar-refractivity contribution in [2.24, 2.45) is 0 Å². The zero-order valence-electron chi connectivity index (χ0n) is 5.29. The van der Waals surface area contributed by atoms with Crippen LogP contribution in [-0.4, -0.2) is 0 Å². The summed E-state index contributed by atoms with van der Waals surface area (Å²) < 4.78 is 1.20. The first-order valence-corrected chi connectivity index (χ1v) is 3.88. The molecule has 0 bridgehead atoms. The fourth-order valence-electron chi connectivity index (χ4n) is 0.982. The molecule has 49 valence electrons. The summed E-state index contributed by atoms with van der Waals surface area (Å²) in [4.78, 5) is 0. The van der Waals surface area contributed by atoms with E-state index in [1.54, 1.807) is 0 Å². The molecule has 2 rings (SSSR count). The average Bonchev–Trinajstić information content (AvgIpc) is 2.27. The van der Waals surface area contributed by atoms with E-state index in [1.807, 2.05) is 30.3 Å². The molecule has 0 aliphatic rings. The standard InChI is InChI=1S/C8H6NS/c9-8-5-6-3-1-2-4-7(6)10-8/h1-5,9H. The Kier molecular flexibility index (Phi) is 1.14. The van der Waals surface area contributed by atoms with Gasteiger partial charge in [-0.1, -0.05) is 18.2 Å². The Morgan fingerprint density at radius 2 is 2.00 bits per heavy atom. The lowest BCUT2D eigenvalue weighted by Crippen LogP contribution is -1.56. The molecule has 0 unspecified atom stereocenters. The van der Waals surface area contributed by atoms with E-state index in [1.165, 1.54) is 21.4 Å². The number of nitrogens with one attached hydrogen (secondary N) is 1. The van der Waals surface area contributed by atoms with Crippen molar-refractivity contribution in [3.63, 3.8) is 0 Å². The van der Waals surface area contributed by atoms with Crippen LogP contribution in [0.1, 0.15) is 0 Å². The molecule has 0 aliphatic carbocycles. The molecule has 2 aromatic rings. The van der Waals surface area contributed by atoms with Crippen LogP contribution in [0, 0.1) is 0 Å². The van der Waals surface area contributed by atoms with Crippen LogP contribution in [0.4, 0.5) is 5.00 Å². The van der Waals surface area contributed by atoms with Gasteiger partial charge < -0.3 is 0 Å². The summed E-state index contributed by atoms with van der Waals surface area (Å²) in [5, 5.41) is 1.82. The second-order valence-corrected chi connectivity index (χ2v) is 3.23. The van der Waals surface area contributed by atoms with Gasteiger partial charge in [-0.25, -0.2) is 0 Å². The van der Waals surface area contributed by atoms with E-state index in [4.69, 9.17) is 5.73 Å². The van der Waals surface area contributed by atoms with Crippen LogP contribution in [0.3, 0.4) is 0 Å². The van der Waals surface area contributed by atoms with Gasteiger partial charge >= 0.3 is 0 Å². The smallest absolute Gasteiger partial charge is 0.108 e. The molecule has 0 saturated carbocycles. The van der Waals surface area contributed by atoms with Crippen molar-refractivity contribution in [1.29, 1.82) is 0 Å². The van der Waals surface area contributed by atoms with Crippen LogP contribution in [-0.2, 0) is 0 Å². The Morgan fingerprint density at radius 1 is 1.20 bits per heavy atom. The van der Waals surface area contributed by atoms with E-state index in [0.717, 1.165) is 0 Å². The molecule has 1 nitrogen and oxygen atoms in total. The minimum absolute atomic E-state index is 0.640. The molecular formula is C8H6NS. The summed E-state index contributed by atoms with van der Waals surface area (Å²) >= 11 is 1.52. The topological polar surface area (TPSA) is 23.8 Å². The molecular weight excluding hydrogens is 142 g/mol. The van der Waals surface area contributed by atoms with Crippen LogP contribution in [0.5, 0.6) is 0 Å². The maximum Gasteiger partial charge on any atom is 0.108 e. The molecule has 0 fully saturated rings. The lowest BCUT2D eigenvalue weighted by molar-refractivity contribution is 1.60. The maximum atomic E-state index is 7.34. The highest BCUT2D eigenvalue weighted by atomic mass is 32.1. The third-order valence-corrected chi connectivity index (χ3v) is 2.35. The van der Waals surface area contributed by atoms with Crippen molar-refractivity contribution in [3.8, 4) is 0 Å². The van der Waals surface area contributed by atoms with E-state index in [2.05, 4.69) is 0 Å². The number of thiophene rings is 1. The van der Waals surface area contributed by atoms with Crippen LogP contribution >= 0.6 is 11.3 Å². The third kappa shape index (κ3) is 0.772. The van der Waals surface area contributed by atoms with E-state index in [9.17, 15) is 0 Å². The second-order valence-electron chi connectivity index (χ2n) is 2.15. The molecule has 1 N–H and O–H groups in total. The van der Waals surface area contributed by atoms with Gasteiger partial charge in [-0.05, 0) is 17.5 Å². The Hall–Kier alpha value is -1.02. The van der Waals surface area contributed by atoms with E-state index >= 15 is 0 Å². The predicted octanol–water partition coefficient (Wildman–Crippen LogP) is 2.82. The molecule has 0 spiro atoms. The first-order chi connectivity index (χ1) is 4.86. The van der Waals surface area contributed by atoms with Crippen LogP contribution in [0.25, 0.3) is 10.1 Å².